The Morgan fingerprint density at radius 1 is 1.35 bits per heavy atom. The molecule has 2 aromatic heterocycles. The van der Waals surface area contributed by atoms with E-state index in [0.717, 1.165) is 0 Å². The van der Waals surface area contributed by atoms with Crippen molar-refractivity contribution in [3.05, 3.63) is 49.1 Å². The van der Waals surface area contributed by atoms with Crippen molar-refractivity contribution < 1.29 is 9.18 Å². The molecular weight excluding hydrogens is 335 g/mol. The Hall–Kier alpha value is -3.29. The van der Waals surface area contributed by atoms with Crippen LogP contribution >= 0.6 is 0 Å². The summed E-state index contributed by atoms with van der Waals surface area (Å²) < 4.78 is 16.0. The predicted octanol–water partition coefficient (Wildman–Crippen LogP) is 2.47. The number of hydrogen-bond donors (Lipinski definition) is 2. The van der Waals surface area contributed by atoms with Crippen molar-refractivity contribution in [3.8, 4) is 11.3 Å². The number of benzene rings is 1. The van der Waals surface area contributed by atoms with Gasteiger partial charge in [-0.15, -0.1) is 0 Å². The Balaban J connectivity index is 2.16. The quantitative estimate of drug-likeness (QED) is 0.686. The summed E-state index contributed by atoms with van der Waals surface area (Å²) in [6.07, 6.45) is 2.54. The molecule has 1 aromatic carbocycles. The van der Waals surface area contributed by atoms with Crippen LogP contribution in [0.15, 0.2) is 43.2 Å². The molecule has 0 aliphatic carbocycles. The zero-order valence-electron chi connectivity index (χ0n) is 14.5. The number of carbonyl (C=O) groups is 1. The maximum absolute atomic E-state index is 14.3. The highest BCUT2D eigenvalue weighted by Crippen LogP contribution is 2.33. The molecule has 3 N–H and O–H groups in total. The molecule has 0 aliphatic heterocycles. The average Bonchev–Trinajstić information content (AvgIpc) is 3.02. The van der Waals surface area contributed by atoms with Crippen LogP contribution in [-0.2, 0) is 4.79 Å². The highest BCUT2D eigenvalue weighted by atomic mass is 19.1. The van der Waals surface area contributed by atoms with Crippen LogP contribution in [0.3, 0.4) is 0 Å². The van der Waals surface area contributed by atoms with Crippen LogP contribution in [0.1, 0.15) is 19.9 Å². The highest BCUT2D eigenvalue weighted by Gasteiger charge is 2.24. The van der Waals surface area contributed by atoms with E-state index in [1.165, 1.54) is 18.5 Å². The van der Waals surface area contributed by atoms with Crippen LogP contribution in [0.5, 0.6) is 0 Å². The Kier molecular flexibility index (Phi) is 4.66. The molecule has 8 heteroatoms. The molecule has 26 heavy (non-hydrogen) atoms. The molecule has 134 valence electrons. The summed E-state index contributed by atoms with van der Waals surface area (Å²) >= 11 is 0. The second kappa shape index (κ2) is 6.91. The third-order valence-corrected chi connectivity index (χ3v) is 4.31. The van der Waals surface area contributed by atoms with Gasteiger partial charge in [0.2, 0.25) is 5.91 Å². The van der Waals surface area contributed by atoms with E-state index >= 15 is 0 Å². The lowest BCUT2D eigenvalue weighted by Gasteiger charge is -2.21. The minimum Gasteiger partial charge on any atom is -0.383 e. The van der Waals surface area contributed by atoms with Gasteiger partial charge in [0.05, 0.1) is 11.4 Å². The molecule has 0 saturated carbocycles. The number of rotatable bonds is 5. The summed E-state index contributed by atoms with van der Waals surface area (Å²) in [6, 6.07) is 5.77. The number of fused-ring (bicyclic) bond motifs is 1. The summed E-state index contributed by atoms with van der Waals surface area (Å²) in [5, 5.41) is 7.83. The van der Waals surface area contributed by atoms with Crippen LogP contribution in [0.25, 0.3) is 22.3 Å². The smallest absolute Gasteiger partial charge is 0.243 e. The predicted molar refractivity (Wildman–Crippen MR) is 97.6 cm³/mol. The first-order valence-electron chi connectivity index (χ1n) is 8.10. The van der Waals surface area contributed by atoms with Gasteiger partial charge in [0, 0.05) is 11.6 Å². The molecule has 0 saturated heterocycles. The van der Waals surface area contributed by atoms with Gasteiger partial charge in [-0.05, 0) is 32.1 Å². The number of aromatic nitrogens is 4. The van der Waals surface area contributed by atoms with Crippen LogP contribution in [0, 0.1) is 5.82 Å². The lowest BCUT2D eigenvalue weighted by Crippen LogP contribution is -2.37. The van der Waals surface area contributed by atoms with Gasteiger partial charge in [0.15, 0.2) is 5.65 Å². The van der Waals surface area contributed by atoms with E-state index in [-0.39, 0.29) is 23.8 Å². The zero-order chi connectivity index (χ0) is 18.8. The number of nitrogen functional groups attached to an aromatic ring is 1. The van der Waals surface area contributed by atoms with E-state index in [2.05, 4.69) is 27.0 Å². The fourth-order valence-corrected chi connectivity index (χ4v) is 2.74. The van der Waals surface area contributed by atoms with Crippen LogP contribution in [-0.4, -0.2) is 31.7 Å². The van der Waals surface area contributed by atoms with Gasteiger partial charge < -0.3 is 11.1 Å². The number of amides is 1. The molecule has 0 radical (unpaired) electrons. The second-order valence-corrected chi connectivity index (χ2v) is 5.97. The van der Waals surface area contributed by atoms with Crippen molar-refractivity contribution in [3.63, 3.8) is 0 Å². The maximum Gasteiger partial charge on any atom is 0.243 e. The van der Waals surface area contributed by atoms with E-state index in [0.29, 0.717) is 22.3 Å². The van der Waals surface area contributed by atoms with Crippen molar-refractivity contribution in [2.24, 2.45) is 0 Å². The van der Waals surface area contributed by atoms with Gasteiger partial charge in [-0.25, -0.2) is 19.0 Å². The van der Waals surface area contributed by atoms with Gasteiger partial charge >= 0.3 is 0 Å². The lowest BCUT2D eigenvalue weighted by molar-refractivity contribution is -0.117. The maximum atomic E-state index is 14.3. The zero-order valence-corrected chi connectivity index (χ0v) is 14.5. The molecule has 2 atom stereocenters. The topological polar surface area (TPSA) is 98.7 Å². The lowest BCUT2D eigenvalue weighted by atomic mass is 10.1. The van der Waals surface area contributed by atoms with E-state index in [9.17, 15) is 9.18 Å². The van der Waals surface area contributed by atoms with Gasteiger partial charge in [0.25, 0.3) is 0 Å². The molecule has 0 aliphatic rings. The first-order valence-corrected chi connectivity index (χ1v) is 8.10. The largest absolute Gasteiger partial charge is 0.383 e. The monoisotopic (exact) mass is 354 g/mol. The third kappa shape index (κ3) is 3.01. The molecule has 7 nitrogen and oxygen atoms in total. The number of nitrogens with one attached hydrogen (secondary N) is 1. The summed E-state index contributed by atoms with van der Waals surface area (Å²) in [7, 11) is 0. The number of halogens is 1. The number of anilines is 1. The van der Waals surface area contributed by atoms with Crippen molar-refractivity contribution in [1.82, 2.24) is 25.1 Å². The normalized spacial score (nSPS) is 13.3. The highest BCUT2D eigenvalue weighted by molar-refractivity contribution is 5.98. The third-order valence-electron chi connectivity index (χ3n) is 4.31. The molecule has 0 fully saturated rings. The fourth-order valence-electron chi connectivity index (χ4n) is 2.74. The van der Waals surface area contributed by atoms with Gasteiger partial charge in [-0.3, -0.25) is 4.79 Å². The first-order chi connectivity index (χ1) is 12.4. The van der Waals surface area contributed by atoms with E-state index < -0.39 is 5.82 Å². The summed E-state index contributed by atoms with van der Waals surface area (Å²) in [6.45, 7) is 7.17. The number of nitrogens with zero attached hydrogens (tertiary/aromatic N) is 4. The Labute approximate surface area is 149 Å². The first kappa shape index (κ1) is 17.5. The Morgan fingerprint density at radius 2 is 2.08 bits per heavy atom. The molecule has 1 amide bonds. The molecule has 2 heterocycles. The van der Waals surface area contributed by atoms with Crippen LogP contribution < -0.4 is 11.1 Å². The van der Waals surface area contributed by atoms with Gasteiger partial charge in [0.1, 0.15) is 23.7 Å². The molecule has 3 aromatic rings. The average molecular weight is 354 g/mol. The van der Waals surface area contributed by atoms with Crippen LogP contribution in [0.4, 0.5) is 10.2 Å². The minimum atomic E-state index is -0.414. The standard InChI is InChI=1S/C18H19FN6O/c1-4-14(26)23-10(2)11(3)25-18-15(17(20)21-9-22-18)16(24-25)12-7-5-6-8-13(12)19/h4-11H,1H2,2-3H3,(H,23,26)(H2,20,21,22). The summed E-state index contributed by atoms with van der Waals surface area (Å²) in [4.78, 5) is 19.9. The SMILES string of the molecule is C=CC(=O)NC(C)C(C)n1nc(-c2ccccc2F)c2c(N)ncnc21. The van der Waals surface area contributed by atoms with E-state index in [1.54, 1.807) is 22.9 Å². The minimum absolute atomic E-state index is 0.217. The van der Waals surface area contributed by atoms with Gasteiger partial charge in [-0.1, -0.05) is 18.7 Å². The molecule has 3 rings (SSSR count). The van der Waals surface area contributed by atoms with Gasteiger partial charge in [-0.2, -0.15) is 5.10 Å². The van der Waals surface area contributed by atoms with E-state index in [4.69, 9.17) is 5.73 Å². The Bertz CT molecular complexity index is 983. The summed E-state index contributed by atoms with van der Waals surface area (Å²) in [5.74, 6) is -0.485. The number of nitrogens with two attached hydrogens (primary N) is 1. The Morgan fingerprint density at radius 3 is 2.77 bits per heavy atom. The molecule has 2 unspecified atom stereocenters. The van der Waals surface area contributed by atoms with Crippen LogP contribution in [0.2, 0.25) is 0 Å². The molecule has 0 spiro atoms. The molecule has 0 bridgehead atoms. The second-order valence-electron chi connectivity index (χ2n) is 5.97. The van der Waals surface area contributed by atoms with Crippen molar-refractivity contribution in [1.29, 1.82) is 0 Å². The van der Waals surface area contributed by atoms with Crippen molar-refractivity contribution >= 4 is 22.8 Å². The summed E-state index contributed by atoms with van der Waals surface area (Å²) in [5.41, 5.74) is 7.18. The van der Waals surface area contributed by atoms with Crippen molar-refractivity contribution in [2.75, 3.05) is 5.73 Å². The van der Waals surface area contributed by atoms with E-state index in [1.807, 2.05) is 13.8 Å². The number of hydrogen-bond acceptors (Lipinski definition) is 5. The fraction of sp³-hybridized carbons (Fsp3) is 0.222. The van der Waals surface area contributed by atoms with Crippen molar-refractivity contribution in [2.45, 2.75) is 25.9 Å². The molecular formula is C18H19FN6O. The number of carbonyl (C=O) groups excluding carboxylic acids is 1.